The van der Waals surface area contributed by atoms with Crippen molar-refractivity contribution in [2.24, 2.45) is 0 Å². The fraction of sp³-hybridized carbons (Fsp3) is 0.263. The molecular formula is C19H20ClN3OS2. The Morgan fingerprint density at radius 2 is 2.12 bits per heavy atom. The van der Waals surface area contributed by atoms with E-state index >= 15 is 0 Å². The van der Waals surface area contributed by atoms with Gasteiger partial charge in [0.1, 0.15) is 0 Å². The number of carbonyl (C=O) groups excluding carboxylic acids is 1. The van der Waals surface area contributed by atoms with Crippen LogP contribution >= 0.6 is 34.7 Å². The summed E-state index contributed by atoms with van der Waals surface area (Å²) in [6, 6.07) is 12.1. The predicted octanol–water partition coefficient (Wildman–Crippen LogP) is 5.35. The Morgan fingerprint density at radius 1 is 1.31 bits per heavy atom. The molecule has 136 valence electrons. The smallest absolute Gasteiger partial charge is 0.221 e. The van der Waals surface area contributed by atoms with E-state index in [1.165, 1.54) is 16.7 Å². The highest BCUT2D eigenvalue weighted by Crippen LogP contribution is 2.30. The highest BCUT2D eigenvalue weighted by molar-refractivity contribution is 8.00. The molecule has 3 rings (SSSR count). The minimum absolute atomic E-state index is 0.0574. The molecule has 26 heavy (non-hydrogen) atoms. The second-order valence-corrected chi connectivity index (χ2v) is 9.12. The monoisotopic (exact) mass is 405 g/mol. The van der Waals surface area contributed by atoms with Gasteiger partial charge in [-0.25, -0.2) is 4.98 Å². The van der Waals surface area contributed by atoms with Gasteiger partial charge >= 0.3 is 0 Å². The number of aryl methyl sites for hydroxylation is 1. The molecule has 2 aromatic heterocycles. The second-order valence-electron chi connectivity index (χ2n) is 5.95. The van der Waals surface area contributed by atoms with Crippen LogP contribution in [-0.4, -0.2) is 20.7 Å². The van der Waals surface area contributed by atoms with Crippen molar-refractivity contribution >= 4 is 46.3 Å². The van der Waals surface area contributed by atoms with Gasteiger partial charge in [-0.05, 0) is 49.2 Å². The zero-order valence-electron chi connectivity index (χ0n) is 14.4. The maximum atomic E-state index is 11.1. The van der Waals surface area contributed by atoms with E-state index in [4.69, 9.17) is 11.6 Å². The summed E-state index contributed by atoms with van der Waals surface area (Å²) in [6.07, 6.45) is 7.72. The second kappa shape index (κ2) is 9.26. The SMILES string of the molecule is CC(=O)Nc1ccc(SC(CCc2ccc(Cl)s2)Cn2ccnc2)cc1. The summed E-state index contributed by atoms with van der Waals surface area (Å²) in [5.74, 6) is -0.0574. The maximum absolute atomic E-state index is 11.1. The number of nitrogens with one attached hydrogen (secondary N) is 1. The molecule has 0 saturated carbocycles. The molecular weight excluding hydrogens is 386 g/mol. The summed E-state index contributed by atoms with van der Waals surface area (Å²) in [4.78, 5) is 17.8. The minimum Gasteiger partial charge on any atom is -0.336 e. The normalized spacial score (nSPS) is 12.1. The number of rotatable bonds is 8. The Bertz CT molecular complexity index is 831. The van der Waals surface area contributed by atoms with Crippen LogP contribution in [0.25, 0.3) is 0 Å². The molecule has 3 aromatic rings. The molecule has 4 nitrogen and oxygen atoms in total. The summed E-state index contributed by atoms with van der Waals surface area (Å²) in [5.41, 5.74) is 0.821. The topological polar surface area (TPSA) is 46.9 Å². The fourth-order valence-electron chi connectivity index (χ4n) is 2.62. The third-order valence-electron chi connectivity index (χ3n) is 3.79. The van der Waals surface area contributed by atoms with Crippen LogP contribution in [-0.2, 0) is 17.8 Å². The summed E-state index contributed by atoms with van der Waals surface area (Å²) in [7, 11) is 0. The molecule has 0 aliphatic heterocycles. The molecule has 0 radical (unpaired) electrons. The maximum Gasteiger partial charge on any atom is 0.221 e. The Morgan fingerprint density at radius 3 is 2.73 bits per heavy atom. The van der Waals surface area contributed by atoms with Gasteiger partial charge in [0.05, 0.1) is 10.7 Å². The Kier molecular flexibility index (Phi) is 6.77. The van der Waals surface area contributed by atoms with Crippen LogP contribution in [0.4, 0.5) is 5.69 Å². The van der Waals surface area contributed by atoms with Crippen molar-refractivity contribution in [3.8, 4) is 0 Å². The van der Waals surface area contributed by atoms with Gasteiger partial charge in [0.2, 0.25) is 5.91 Å². The number of anilines is 1. The zero-order valence-corrected chi connectivity index (χ0v) is 16.8. The molecule has 1 N–H and O–H groups in total. The quantitative estimate of drug-likeness (QED) is 0.514. The first kappa shape index (κ1) is 19.0. The third-order valence-corrected chi connectivity index (χ3v) is 6.35. The van der Waals surface area contributed by atoms with Gasteiger partial charge in [0, 0.05) is 46.6 Å². The van der Waals surface area contributed by atoms with Crippen LogP contribution in [0.5, 0.6) is 0 Å². The third kappa shape index (κ3) is 5.90. The van der Waals surface area contributed by atoms with E-state index in [1.54, 1.807) is 11.3 Å². The van der Waals surface area contributed by atoms with E-state index in [0.29, 0.717) is 5.25 Å². The molecule has 1 atom stereocenters. The van der Waals surface area contributed by atoms with E-state index in [-0.39, 0.29) is 5.91 Å². The van der Waals surface area contributed by atoms with E-state index in [9.17, 15) is 4.79 Å². The largest absolute Gasteiger partial charge is 0.336 e. The van der Waals surface area contributed by atoms with Crippen molar-refractivity contribution in [3.63, 3.8) is 0 Å². The summed E-state index contributed by atoms with van der Waals surface area (Å²) in [6.45, 7) is 2.41. The summed E-state index contributed by atoms with van der Waals surface area (Å²) < 4.78 is 2.96. The fourth-order valence-corrected chi connectivity index (χ4v) is 4.88. The number of halogens is 1. The van der Waals surface area contributed by atoms with Gasteiger partial charge in [-0.15, -0.1) is 23.1 Å². The molecule has 2 heterocycles. The lowest BCUT2D eigenvalue weighted by Gasteiger charge is -2.17. The first-order chi connectivity index (χ1) is 12.6. The average Bonchev–Trinajstić information content (AvgIpc) is 3.25. The number of aromatic nitrogens is 2. The van der Waals surface area contributed by atoms with Crippen molar-refractivity contribution in [1.29, 1.82) is 0 Å². The number of thiophene rings is 1. The molecule has 1 unspecified atom stereocenters. The van der Waals surface area contributed by atoms with Gasteiger partial charge in [-0.2, -0.15) is 0 Å². The lowest BCUT2D eigenvalue weighted by atomic mass is 10.2. The lowest BCUT2D eigenvalue weighted by molar-refractivity contribution is -0.114. The van der Waals surface area contributed by atoms with Crippen molar-refractivity contribution in [3.05, 3.63) is 64.3 Å². The van der Waals surface area contributed by atoms with Crippen LogP contribution in [0.2, 0.25) is 4.34 Å². The molecule has 0 aliphatic rings. The lowest BCUT2D eigenvalue weighted by Crippen LogP contribution is -2.13. The Labute approximate surface area is 166 Å². The van der Waals surface area contributed by atoms with E-state index < -0.39 is 0 Å². The number of benzene rings is 1. The number of thioether (sulfide) groups is 1. The van der Waals surface area contributed by atoms with Crippen molar-refractivity contribution in [1.82, 2.24) is 9.55 Å². The zero-order chi connectivity index (χ0) is 18.4. The van der Waals surface area contributed by atoms with Crippen LogP contribution in [0.3, 0.4) is 0 Å². The van der Waals surface area contributed by atoms with E-state index in [2.05, 4.69) is 33.1 Å². The molecule has 0 saturated heterocycles. The minimum atomic E-state index is -0.0574. The highest BCUT2D eigenvalue weighted by Gasteiger charge is 2.13. The standard InChI is InChI=1S/C19H20ClN3OS2/c1-14(24)22-15-2-4-16(5-3-15)25-18(12-23-11-10-21-13-23)7-6-17-8-9-19(20)26-17/h2-5,8-11,13,18H,6-7,12H2,1H3,(H,22,24). The summed E-state index contributed by atoms with van der Waals surface area (Å²) >= 11 is 9.54. The van der Waals surface area contributed by atoms with Gasteiger partial charge < -0.3 is 9.88 Å². The molecule has 1 aromatic carbocycles. The van der Waals surface area contributed by atoms with Gasteiger partial charge in [0.15, 0.2) is 0 Å². The number of hydrogen-bond donors (Lipinski definition) is 1. The van der Waals surface area contributed by atoms with E-state index in [0.717, 1.165) is 29.4 Å². The van der Waals surface area contributed by atoms with Crippen LogP contribution < -0.4 is 5.32 Å². The first-order valence-corrected chi connectivity index (χ1v) is 10.4. The van der Waals surface area contributed by atoms with Crippen molar-refractivity contribution in [2.45, 2.75) is 36.5 Å². The molecule has 0 fully saturated rings. The number of carbonyl (C=O) groups is 1. The number of nitrogens with zero attached hydrogens (tertiary/aromatic N) is 2. The van der Waals surface area contributed by atoms with Crippen LogP contribution in [0, 0.1) is 0 Å². The number of imidazole rings is 1. The number of amides is 1. The predicted molar refractivity (Wildman–Crippen MR) is 110 cm³/mol. The first-order valence-electron chi connectivity index (χ1n) is 8.33. The van der Waals surface area contributed by atoms with Gasteiger partial charge in [0.25, 0.3) is 0 Å². The molecule has 7 heteroatoms. The molecule has 0 bridgehead atoms. The van der Waals surface area contributed by atoms with Gasteiger partial charge in [-0.3, -0.25) is 4.79 Å². The van der Waals surface area contributed by atoms with Crippen LogP contribution in [0.15, 0.2) is 60.0 Å². The molecule has 0 spiro atoms. The Balaban J connectivity index is 1.65. The number of hydrogen-bond acceptors (Lipinski definition) is 4. The summed E-state index contributed by atoms with van der Waals surface area (Å²) in [5, 5.41) is 3.21. The van der Waals surface area contributed by atoms with Gasteiger partial charge in [-0.1, -0.05) is 11.6 Å². The van der Waals surface area contributed by atoms with Crippen molar-refractivity contribution < 1.29 is 4.79 Å². The highest BCUT2D eigenvalue weighted by atomic mass is 35.5. The van der Waals surface area contributed by atoms with Crippen molar-refractivity contribution in [2.75, 3.05) is 5.32 Å². The Hall–Kier alpha value is -1.76. The van der Waals surface area contributed by atoms with E-state index in [1.807, 2.05) is 48.7 Å². The molecule has 0 aliphatic carbocycles. The average molecular weight is 406 g/mol. The van der Waals surface area contributed by atoms with Crippen LogP contribution in [0.1, 0.15) is 18.2 Å². The molecule has 1 amide bonds.